The van der Waals surface area contributed by atoms with Gasteiger partial charge >= 0.3 is 0 Å². The number of para-hydroxylation sites is 1. The second-order valence-electron chi connectivity index (χ2n) is 5.12. The SMILES string of the molecule is N#Cc1cccc(Cl)c1N1CCN(C(=O)c2cnccn2)CC1. The van der Waals surface area contributed by atoms with Crippen LogP contribution in [-0.2, 0) is 0 Å². The van der Waals surface area contributed by atoms with Crippen LogP contribution in [0.25, 0.3) is 0 Å². The highest BCUT2D eigenvalue weighted by Gasteiger charge is 2.25. The molecule has 0 saturated carbocycles. The lowest BCUT2D eigenvalue weighted by Crippen LogP contribution is -2.49. The first-order valence-electron chi connectivity index (χ1n) is 7.19. The number of hydrogen-bond donors (Lipinski definition) is 0. The summed E-state index contributed by atoms with van der Waals surface area (Å²) in [5, 5.41) is 9.80. The van der Waals surface area contributed by atoms with Crippen LogP contribution in [0.5, 0.6) is 0 Å². The van der Waals surface area contributed by atoms with E-state index in [0.717, 1.165) is 5.69 Å². The van der Waals surface area contributed by atoms with E-state index >= 15 is 0 Å². The maximum atomic E-state index is 12.4. The molecule has 0 atom stereocenters. The Hall–Kier alpha value is -2.65. The molecule has 116 valence electrons. The molecule has 1 aromatic heterocycles. The van der Waals surface area contributed by atoms with Crippen LogP contribution in [-0.4, -0.2) is 47.0 Å². The maximum absolute atomic E-state index is 12.4. The number of anilines is 1. The normalized spacial score (nSPS) is 14.4. The summed E-state index contributed by atoms with van der Waals surface area (Å²) in [5.41, 5.74) is 1.63. The first-order chi connectivity index (χ1) is 11.2. The van der Waals surface area contributed by atoms with Gasteiger partial charge in [-0.15, -0.1) is 0 Å². The van der Waals surface area contributed by atoms with Crippen molar-refractivity contribution in [3.05, 3.63) is 53.1 Å². The molecule has 7 heteroatoms. The molecule has 1 aliphatic heterocycles. The van der Waals surface area contributed by atoms with Crippen LogP contribution >= 0.6 is 11.6 Å². The molecule has 2 heterocycles. The Morgan fingerprint density at radius 3 is 2.65 bits per heavy atom. The molecule has 0 radical (unpaired) electrons. The summed E-state index contributed by atoms with van der Waals surface area (Å²) in [6.45, 7) is 2.33. The van der Waals surface area contributed by atoms with Crippen LogP contribution in [0.3, 0.4) is 0 Å². The van der Waals surface area contributed by atoms with Crippen LogP contribution in [0.15, 0.2) is 36.8 Å². The van der Waals surface area contributed by atoms with Crippen molar-refractivity contribution in [3.63, 3.8) is 0 Å². The quantitative estimate of drug-likeness (QED) is 0.843. The lowest BCUT2D eigenvalue weighted by Gasteiger charge is -2.36. The average molecular weight is 328 g/mol. The Morgan fingerprint density at radius 2 is 2.00 bits per heavy atom. The smallest absolute Gasteiger partial charge is 0.274 e. The Bertz CT molecular complexity index is 751. The number of piperazine rings is 1. The molecule has 0 N–H and O–H groups in total. The van der Waals surface area contributed by atoms with E-state index in [1.807, 2.05) is 4.90 Å². The highest BCUT2D eigenvalue weighted by molar-refractivity contribution is 6.33. The molecular weight excluding hydrogens is 314 g/mol. The molecule has 0 spiro atoms. The number of carbonyl (C=O) groups is 1. The summed E-state index contributed by atoms with van der Waals surface area (Å²) in [5.74, 6) is -0.127. The Labute approximate surface area is 138 Å². The zero-order valence-corrected chi connectivity index (χ0v) is 13.1. The van der Waals surface area contributed by atoms with Gasteiger partial charge in [-0.3, -0.25) is 9.78 Å². The van der Waals surface area contributed by atoms with Crippen molar-refractivity contribution < 1.29 is 4.79 Å². The Morgan fingerprint density at radius 1 is 1.22 bits per heavy atom. The van der Waals surface area contributed by atoms with Crippen LogP contribution in [0.1, 0.15) is 16.1 Å². The van der Waals surface area contributed by atoms with Crippen molar-refractivity contribution in [1.82, 2.24) is 14.9 Å². The van der Waals surface area contributed by atoms with Crippen LogP contribution in [0, 0.1) is 11.3 Å². The minimum absolute atomic E-state index is 0.127. The summed E-state index contributed by atoms with van der Waals surface area (Å²) in [6.07, 6.45) is 4.51. The van der Waals surface area contributed by atoms with E-state index in [4.69, 9.17) is 11.6 Å². The number of halogens is 1. The van der Waals surface area contributed by atoms with E-state index in [-0.39, 0.29) is 5.91 Å². The zero-order valence-electron chi connectivity index (χ0n) is 12.3. The van der Waals surface area contributed by atoms with Gasteiger partial charge in [0.2, 0.25) is 0 Å². The molecule has 2 aromatic rings. The molecule has 23 heavy (non-hydrogen) atoms. The molecule has 6 nitrogen and oxygen atoms in total. The molecule has 0 aliphatic carbocycles. The Kier molecular flexibility index (Phi) is 4.40. The number of benzene rings is 1. The Balaban J connectivity index is 1.72. The van der Waals surface area contributed by atoms with Gasteiger partial charge in [0.1, 0.15) is 11.8 Å². The number of aromatic nitrogens is 2. The zero-order chi connectivity index (χ0) is 16.2. The van der Waals surface area contributed by atoms with Gasteiger partial charge < -0.3 is 9.80 Å². The van der Waals surface area contributed by atoms with Gasteiger partial charge in [-0.05, 0) is 12.1 Å². The number of carbonyl (C=O) groups excluding carboxylic acids is 1. The minimum Gasteiger partial charge on any atom is -0.366 e. The minimum atomic E-state index is -0.127. The van der Waals surface area contributed by atoms with Gasteiger partial charge in [-0.25, -0.2) is 4.98 Å². The van der Waals surface area contributed by atoms with Gasteiger partial charge in [0, 0.05) is 38.6 Å². The van der Waals surface area contributed by atoms with E-state index in [9.17, 15) is 10.1 Å². The summed E-state index contributed by atoms with van der Waals surface area (Å²) in [4.78, 5) is 24.1. The molecule has 1 amide bonds. The molecular formula is C16H14ClN5O. The van der Waals surface area contributed by atoms with Gasteiger partial charge in [-0.2, -0.15) is 5.26 Å². The first kappa shape index (κ1) is 15.3. The van der Waals surface area contributed by atoms with Crippen molar-refractivity contribution in [2.24, 2.45) is 0 Å². The number of rotatable bonds is 2. The molecule has 1 fully saturated rings. The number of hydrogen-bond acceptors (Lipinski definition) is 5. The van der Waals surface area contributed by atoms with Crippen molar-refractivity contribution in [3.8, 4) is 6.07 Å². The highest BCUT2D eigenvalue weighted by Crippen LogP contribution is 2.30. The van der Waals surface area contributed by atoms with E-state index in [1.54, 1.807) is 23.1 Å². The number of nitrogens with zero attached hydrogens (tertiary/aromatic N) is 5. The fourth-order valence-corrected chi connectivity index (χ4v) is 2.93. The lowest BCUT2D eigenvalue weighted by molar-refractivity contribution is 0.0740. The van der Waals surface area contributed by atoms with Gasteiger partial charge in [0.05, 0.1) is 22.5 Å². The lowest BCUT2D eigenvalue weighted by atomic mass is 10.1. The van der Waals surface area contributed by atoms with Gasteiger partial charge in [0.25, 0.3) is 5.91 Å². The largest absolute Gasteiger partial charge is 0.366 e. The third-order valence-electron chi connectivity index (χ3n) is 3.77. The summed E-state index contributed by atoms with van der Waals surface area (Å²) in [6, 6.07) is 7.45. The molecule has 1 aromatic carbocycles. The van der Waals surface area contributed by atoms with Crippen LogP contribution in [0.4, 0.5) is 5.69 Å². The fraction of sp³-hybridized carbons (Fsp3) is 0.250. The maximum Gasteiger partial charge on any atom is 0.274 e. The predicted molar refractivity (Wildman–Crippen MR) is 86.3 cm³/mol. The monoisotopic (exact) mass is 327 g/mol. The average Bonchev–Trinajstić information content (AvgIpc) is 2.62. The molecule has 0 bridgehead atoms. The second kappa shape index (κ2) is 6.63. The number of nitriles is 1. The summed E-state index contributed by atoms with van der Waals surface area (Å²) >= 11 is 6.24. The van der Waals surface area contributed by atoms with Crippen molar-refractivity contribution in [2.45, 2.75) is 0 Å². The van der Waals surface area contributed by atoms with E-state index in [2.05, 4.69) is 16.0 Å². The topological polar surface area (TPSA) is 73.1 Å². The van der Waals surface area contributed by atoms with E-state index in [0.29, 0.717) is 42.5 Å². The van der Waals surface area contributed by atoms with Crippen LogP contribution < -0.4 is 4.90 Å². The summed E-state index contributed by atoms with van der Waals surface area (Å²) in [7, 11) is 0. The predicted octanol–water partition coefficient (Wildman–Crippen LogP) is 1.96. The molecule has 1 aliphatic rings. The third kappa shape index (κ3) is 3.10. The van der Waals surface area contributed by atoms with Crippen molar-refractivity contribution in [2.75, 3.05) is 31.1 Å². The number of amides is 1. The van der Waals surface area contributed by atoms with E-state index in [1.165, 1.54) is 18.6 Å². The molecule has 1 saturated heterocycles. The molecule has 3 rings (SSSR count). The molecule has 0 unspecified atom stereocenters. The van der Waals surface area contributed by atoms with Gasteiger partial charge in [-0.1, -0.05) is 17.7 Å². The fourth-order valence-electron chi connectivity index (χ4n) is 2.63. The van der Waals surface area contributed by atoms with Gasteiger partial charge in [0.15, 0.2) is 0 Å². The van der Waals surface area contributed by atoms with Crippen LogP contribution in [0.2, 0.25) is 5.02 Å². The van der Waals surface area contributed by atoms with E-state index < -0.39 is 0 Å². The summed E-state index contributed by atoms with van der Waals surface area (Å²) < 4.78 is 0. The first-order valence-corrected chi connectivity index (χ1v) is 7.57. The second-order valence-corrected chi connectivity index (χ2v) is 5.52. The van der Waals surface area contributed by atoms with Crippen molar-refractivity contribution >= 4 is 23.2 Å². The standard InChI is InChI=1S/C16H14ClN5O/c17-13-3-1-2-12(10-18)15(13)21-6-8-22(9-7-21)16(23)14-11-19-4-5-20-14/h1-5,11H,6-9H2. The van der Waals surface area contributed by atoms with Crippen molar-refractivity contribution in [1.29, 1.82) is 5.26 Å². The highest BCUT2D eigenvalue weighted by atomic mass is 35.5. The third-order valence-corrected chi connectivity index (χ3v) is 4.08.